The predicted molar refractivity (Wildman–Crippen MR) is 239 cm³/mol. The largest absolute Gasteiger partial charge is 0.0584 e. The molecule has 0 amide bonds. The SMILES string of the molecule is CC(C)(C)c1ccc(C2C(c3ccc(C(C)(C)C)cc3)C(c3ccc(C(C)(C)C)cc3)C(c3ccc(C(C)(C)C)cc3)C2c2ccc(C(C)(C)C)cc2)cc1. The van der Waals surface area contributed by atoms with Crippen LogP contribution in [0, 0.1) is 0 Å². The minimum absolute atomic E-state index is 0.0905. The third kappa shape index (κ3) is 8.60. The molecule has 0 bridgehead atoms. The molecule has 0 nitrogen and oxygen atoms in total. The van der Waals surface area contributed by atoms with Crippen molar-refractivity contribution in [2.24, 2.45) is 0 Å². The maximum absolute atomic E-state index is 2.48. The predicted octanol–water partition coefficient (Wildman–Crippen LogP) is 15.4. The Kier molecular flexibility index (Phi) is 10.8. The van der Waals surface area contributed by atoms with Crippen LogP contribution in [0.4, 0.5) is 0 Å². The minimum atomic E-state index is 0.0905. The Labute approximate surface area is 336 Å². The lowest BCUT2D eigenvalue weighted by Gasteiger charge is -2.30. The number of benzene rings is 5. The van der Waals surface area contributed by atoms with E-state index in [4.69, 9.17) is 0 Å². The molecule has 0 atom stereocenters. The molecule has 1 aliphatic carbocycles. The summed E-state index contributed by atoms with van der Waals surface area (Å²) in [6.45, 7) is 34.9. The monoisotopic (exact) mass is 731 g/mol. The van der Waals surface area contributed by atoms with Crippen LogP contribution in [-0.2, 0) is 27.1 Å². The standard InChI is InChI=1S/C55H70/c1-51(2,3)41-26-16-36(17-27-41)46-47(37-18-28-42(29-19-37)52(4,5)6)49(39-22-32-44(33-23-39)54(10,11)12)50(40-24-34-45(35-25-40)55(13,14)15)48(46)38-20-30-43(31-21-38)53(7,8)9/h16-35,46-50H,1-15H3. The Hall–Kier alpha value is -3.90. The fourth-order valence-corrected chi connectivity index (χ4v) is 9.22. The normalized spacial score (nSPS) is 21.2. The van der Waals surface area contributed by atoms with E-state index >= 15 is 0 Å². The van der Waals surface area contributed by atoms with Crippen LogP contribution in [-0.4, -0.2) is 0 Å². The Morgan fingerprint density at radius 3 is 0.400 bits per heavy atom. The fourth-order valence-electron chi connectivity index (χ4n) is 9.22. The third-order valence-electron chi connectivity index (χ3n) is 12.7. The van der Waals surface area contributed by atoms with Crippen molar-refractivity contribution in [1.29, 1.82) is 0 Å². The van der Waals surface area contributed by atoms with Gasteiger partial charge in [0, 0.05) is 0 Å². The van der Waals surface area contributed by atoms with Gasteiger partial charge in [-0.25, -0.2) is 0 Å². The highest BCUT2D eigenvalue weighted by molar-refractivity contribution is 5.51. The molecule has 5 aromatic carbocycles. The zero-order valence-electron chi connectivity index (χ0n) is 36.9. The van der Waals surface area contributed by atoms with Gasteiger partial charge in [0.25, 0.3) is 0 Å². The highest BCUT2D eigenvalue weighted by atomic mass is 14.6. The molecule has 290 valence electrons. The van der Waals surface area contributed by atoms with E-state index in [0.29, 0.717) is 0 Å². The summed E-state index contributed by atoms with van der Waals surface area (Å²) in [5.74, 6) is 1.29. The average Bonchev–Trinajstić information content (AvgIpc) is 3.46. The summed E-state index contributed by atoms with van der Waals surface area (Å²) >= 11 is 0. The van der Waals surface area contributed by atoms with Gasteiger partial charge >= 0.3 is 0 Å². The molecule has 0 spiro atoms. The van der Waals surface area contributed by atoms with Gasteiger partial charge in [0.05, 0.1) is 0 Å². The van der Waals surface area contributed by atoms with E-state index in [1.165, 1.54) is 55.6 Å². The fraction of sp³-hybridized carbons (Fsp3) is 0.455. The summed E-state index contributed by atoms with van der Waals surface area (Å²) in [6, 6.07) is 48.9. The maximum atomic E-state index is 2.48. The summed E-state index contributed by atoms with van der Waals surface area (Å²) in [5, 5.41) is 0. The molecule has 0 N–H and O–H groups in total. The van der Waals surface area contributed by atoms with Gasteiger partial charge in [0.2, 0.25) is 0 Å². The first-order chi connectivity index (χ1) is 25.4. The highest BCUT2D eigenvalue weighted by Gasteiger charge is 2.53. The zero-order chi connectivity index (χ0) is 40.3. The Bertz CT molecular complexity index is 1650. The zero-order valence-corrected chi connectivity index (χ0v) is 36.9. The number of hydrogen-bond acceptors (Lipinski definition) is 0. The summed E-state index contributed by atoms with van der Waals surface area (Å²) < 4.78 is 0. The first-order valence-electron chi connectivity index (χ1n) is 21.0. The molecule has 0 heterocycles. The lowest BCUT2D eigenvalue weighted by atomic mass is 9.73. The second-order valence-electron chi connectivity index (χ2n) is 22.0. The van der Waals surface area contributed by atoms with Crippen molar-refractivity contribution in [3.63, 3.8) is 0 Å². The van der Waals surface area contributed by atoms with Crippen LogP contribution in [0.25, 0.3) is 0 Å². The van der Waals surface area contributed by atoms with Gasteiger partial charge in [0.15, 0.2) is 0 Å². The van der Waals surface area contributed by atoms with Crippen molar-refractivity contribution >= 4 is 0 Å². The van der Waals surface area contributed by atoms with Crippen LogP contribution in [0.3, 0.4) is 0 Å². The van der Waals surface area contributed by atoms with E-state index in [0.717, 1.165) is 0 Å². The van der Waals surface area contributed by atoms with Crippen LogP contribution in [0.1, 0.15) is 189 Å². The molecule has 5 aromatic rings. The summed E-state index contributed by atoms with van der Waals surface area (Å²) in [6.07, 6.45) is 0. The summed E-state index contributed by atoms with van der Waals surface area (Å²) in [7, 11) is 0. The van der Waals surface area contributed by atoms with Crippen molar-refractivity contribution < 1.29 is 0 Å². The van der Waals surface area contributed by atoms with E-state index in [1.807, 2.05) is 0 Å². The lowest BCUT2D eigenvalue weighted by Crippen LogP contribution is -2.16. The average molecular weight is 731 g/mol. The molecule has 0 radical (unpaired) electrons. The van der Waals surface area contributed by atoms with Crippen LogP contribution in [0.5, 0.6) is 0 Å². The second-order valence-corrected chi connectivity index (χ2v) is 22.0. The molecule has 0 unspecified atom stereocenters. The van der Waals surface area contributed by atoms with Gasteiger partial charge in [-0.2, -0.15) is 0 Å². The van der Waals surface area contributed by atoms with Crippen molar-refractivity contribution in [2.45, 2.75) is 161 Å². The molecule has 6 rings (SSSR count). The molecule has 1 aliphatic rings. The van der Waals surface area contributed by atoms with Crippen LogP contribution in [0.15, 0.2) is 121 Å². The topological polar surface area (TPSA) is 0 Å². The van der Waals surface area contributed by atoms with E-state index in [2.05, 4.69) is 225 Å². The van der Waals surface area contributed by atoms with Crippen LogP contribution >= 0.6 is 0 Å². The molecule has 55 heavy (non-hydrogen) atoms. The Morgan fingerprint density at radius 1 is 0.200 bits per heavy atom. The summed E-state index contributed by atoms with van der Waals surface area (Å²) in [4.78, 5) is 0. The smallest absolute Gasteiger partial charge is 0.00120 e. The Balaban J connectivity index is 1.68. The van der Waals surface area contributed by atoms with Crippen LogP contribution in [0.2, 0.25) is 0 Å². The van der Waals surface area contributed by atoms with Gasteiger partial charge in [-0.15, -0.1) is 0 Å². The molecule has 1 saturated carbocycles. The molecular formula is C55H70. The number of rotatable bonds is 5. The van der Waals surface area contributed by atoms with Crippen molar-refractivity contribution in [2.75, 3.05) is 0 Å². The molecule has 1 fully saturated rings. The van der Waals surface area contributed by atoms with Gasteiger partial charge < -0.3 is 0 Å². The first-order valence-corrected chi connectivity index (χ1v) is 21.0. The summed E-state index contributed by atoms with van der Waals surface area (Å²) in [5.41, 5.74) is 14.6. The van der Waals surface area contributed by atoms with Gasteiger partial charge in [-0.05, 0) is 112 Å². The lowest BCUT2D eigenvalue weighted by molar-refractivity contribution is 0.547. The van der Waals surface area contributed by atoms with E-state index in [-0.39, 0.29) is 56.7 Å². The third-order valence-corrected chi connectivity index (χ3v) is 12.7. The molecule has 0 heteroatoms. The Morgan fingerprint density at radius 2 is 0.309 bits per heavy atom. The van der Waals surface area contributed by atoms with Crippen molar-refractivity contribution in [3.8, 4) is 0 Å². The van der Waals surface area contributed by atoms with E-state index in [1.54, 1.807) is 0 Å². The van der Waals surface area contributed by atoms with E-state index in [9.17, 15) is 0 Å². The van der Waals surface area contributed by atoms with Crippen LogP contribution < -0.4 is 0 Å². The van der Waals surface area contributed by atoms with Gasteiger partial charge in [-0.1, -0.05) is 225 Å². The van der Waals surface area contributed by atoms with Crippen molar-refractivity contribution in [1.82, 2.24) is 0 Å². The van der Waals surface area contributed by atoms with Crippen molar-refractivity contribution in [3.05, 3.63) is 177 Å². The molecule has 0 aliphatic heterocycles. The van der Waals surface area contributed by atoms with Gasteiger partial charge in [-0.3, -0.25) is 0 Å². The maximum Gasteiger partial charge on any atom is -0.00120 e. The van der Waals surface area contributed by atoms with Gasteiger partial charge in [0.1, 0.15) is 0 Å². The minimum Gasteiger partial charge on any atom is -0.0584 e. The number of hydrogen-bond donors (Lipinski definition) is 0. The van der Waals surface area contributed by atoms with E-state index < -0.39 is 0 Å². The first kappa shape index (κ1) is 40.8. The molecule has 0 saturated heterocycles. The second kappa shape index (κ2) is 14.6. The molecule has 0 aromatic heterocycles. The quantitative estimate of drug-likeness (QED) is 0.169. The molecular weight excluding hydrogens is 661 g/mol. The highest BCUT2D eigenvalue weighted by Crippen LogP contribution is 2.67.